The van der Waals surface area contributed by atoms with Gasteiger partial charge in [0.2, 0.25) is 0 Å². The van der Waals surface area contributed by atoms with Crippen LogP contribution in [0.15, 0.2) is 12.1 Å². The molecule has 0 N–H and O–H groups in total. The van der Waals surface area contributed by atoms with Gasteiger partial charge in [-0.15, -0.1) is 11.3 Å². The van der Waals surface area contributed by atoms with Gasteiger partial charge in [-0.1, -0.05) is 11.8 Å². The Morgan fingerprint density at radius 2 is 2.42 bits per heavy atom. The fourth-order valence-electron chi connectivity index (χ4n) is 0.689. The molecule has 0 bridgehead atoms. The smallest absolute Gasteiger partial charge is 0.160 e. The van der Waals surface area contributed by atoms with Crippen molar-refractivity contribution in [3.63, 3.8) is 0 Å². The highest BCUT2D eigenvalue weighted by Crippen LogP contribution is 2.12. The summed E-state index contributed by atoms with van der Waals surface area (Å²) in [7, 11) is 0. The first-order chi connectivity index (χ1) is 5.86. The Kier molecular flexibility index (Phi) is 3.92. The van der Waals surface area contributed by atoms with Crippen molar-refractivity contribution in [3.05, 3.63) is 21.9 Å². The first-order valence-corrected chi connectivity index (χ1v) is 4.96. The molecule has 0 saturated carbocycles. The van der Waals surface area contributed by atoms with Gasteiger partial charge in [0, 0.05) is 12.2 Å². The maximum absolute atomic E-state index is 10.3. The fraction of sp³-hybridized carbons (Fsp3) is 0.222. The van der Waals surface area contributed by atoms with E-state index in [9.17, 15) is 4.79 Å². The molecule has 1 aromatic heterocycles. The fourth-order valence-corrected chi connectivity index (χ4v) is 1.50. The highest BCUT2D eigenvalue weighted by atomic mass is 32.1. The second-order valence-electron chi connectivity index (χ2n) is 2.10. The molecule has 0 aliphatic carbocycles. The summed E-state index contributed by atoms with van der Waals surface area (Å²) >= 11 is 5.45. The lowest BCUT2D eigenvalue weighted by Gasteiger charge is -1.77. The molecule has 1 rings (SSSR count). The molecule has 0 atom stereocenters. The number of thiol groups is 1. The molecule has 0 spiro atoms. The summed E-state index contributed by atoms with van der Waals surface area (Å²) in [5.41, 5.74) is 0. The van der Waals surface area contributed by atoms with Gasteiger partial charge in [0.05, 0.1) is 9.75 Å². The van der Waals surface area contributed by atoms with Crippen molar-refractivity contribution in [2.75, 3.05) is 5.75 Å². The summed E-state index contributed by atoms with van der Waals surface area (Å²) in [4.78, 5) is 12.0. The second kappa shape index (κ2) is 5.02. The lowest BCUT2D eigenvalue weighted by molar-refractivity contribution is 0.112. The van der Waals surface area contributed by atoms with Gasteiger partial charge in [-0.2, -0.15) is 12.6 Å². The van der Waals surface area contributed by atoms with Crippen LogP contribution in [-0.2, 0) is 0 Å². The molecule has 0 fully saturated rings. The Morgan fingerprint density at radius 3 is 3.00 bits per heavy atom. The van der Waals surface area contributed by atoms with E-state index in [1.807, 2.05) is 6.07 Å². The van der Waals surface area contributed by atoms with Crippen LogP contribution in [0.1, 0.15) is 21.0 Å². The number of carbonyl (C=O) groups is 1. The number of hydrogen-bond acceptors (Lipinski definition) is 3. The third kappa shape index (κ3) is 2.72. The minimum atomic E-state index is 0.727. The second-order valence-corrected chi connectivity index (χ2v) is 3.66. The molecule has 3 heteroatoms. The molecule has 1 heterocycles. The van der Waals surface area contributed by atoms with Crippen molar-refractivity contribution in [1.82, 2.24) is 0 Å². The molecular weight excluding hydrogens is 188 g/mol. The maximum atomic E-state index is 10.3. The number of thiophene rings is 1. The zero-order valence-electron chi connectivity index (χ0n) is 6.41. The predicted octanol–water partition coefficient (Wildman–Crippen LogP) is 2.23. The molecule has 0 saturated heterocycles. The van der Waals surface area contributed by atoms with Crippen LogP contribution in [0.25, 0.3) is 0 Å². The first kappa shape index (κ1) is 9.37. The molecule has 1 aromatic rings. The van der Waals surface area contributed by atoms with E-state index in [4.69, 9.17) is 0 Å². The van der Waals surface area contributed by atoms with Gasteiger partial charge in [-0.25, -0.2) is 0 Å². The van der Waals surface area contributed by atoms with E-state index in [0.717, 1.165) is 28.2 Å². The van der Waals surface area contributed by atoms with E-state index in [1.54, 1.807) is 6.07 Å². The van der Waals surface area contributed by atoms with E-state index >= 15 is 0 Å². The molecule has 0 unspecified atom stereocenters. The molecular formula is C9H8OS2. The molecule has 0 radical (unpaired) electrons. The van der Waals surface area contributed by atoms with E-state index in [1.165, 1.54) is 11.3 Å². The highest BCUT2D eigenvalue weighted by molar-refractivity contribution is 7.80. The summed E-state index contributed by atoms with van der Waals surface area (Å²) in [6, 6.07) is 3.64. The minimum Gasteiger partial charge on any atom is -0.297 e. The summed E-state index contributed by atoms with van der Waals surface area (Å²) in [6.07, 6.45) is 1.63. The highest BCUT2D eigenvalue weighted by Gasteiger charge is 1.93. The standard InChI is InChI=1S/C9H8OS2/c10-7-9-5-4-8(12-9)3-1-2-6-11/h4-5,7,11H,2,6H2. The van der Waals surface area contributed by atoms with Gasteiger partial charge in [-0.05, 0) is 12.1 Å². The quantitative estimate of drug-likeness (QED) is 0.436. The van der Waals surface area contributed by atoms with Crippen LogP contribution < -0.4 is 0 Å². The average Bonchev–Trinajstić information content (AvgIpc) is 2.53. The molecule has 1 nitrogen and oxygen atoms in total. The average molecular weight is 196 g/mol. The Labute approximate surface area is 81.2 Å². The topological polar surface area (TPSA) is 17.1 Å². The zero-order chi connectivity index (χ0) is 8.81. The van der Waals surface area contributed by atoms with Gasteiger partial charge in [0.15, 0.2) is 6.29 Å². The van der Waals surface area contributed by atoms with Crippen molar-refractivity contribution < 1.29 is 4.79 Å². The van der Waals surface area contributed by atoms with Crippen LogP contribution in [0.3, 0.4) is 0 Å². The third-order valence-corrected chi connectivity index (χ3v) is 2.34. The van der Waals surface area contributed by atoms with Gasteiger partial charge in [0.25, 0.3) is 0 Å². The van der Waals surface area contributed by atoms with Gasteiger partial charge in [0.1, 0.15) is 0 Å². The largest absolute Gasteiger partial charge is 0.297 e. The summed E-state index contributed by atoms with van der Waals surface area (Å²) < 4.78 is 0. The lowest BCUT2D eigenvalue weighted by atomic mass is 10.4. The van der Waals surface area contributed by atoms with Gasteiger partial charge < -0.3 is 0 Å². The molecule has 62 valence electrons. The normalized spacial score (nSPS) is 8.75. The van der Waals surface area contributed by atoms with Crippen LogP contribution in [-0.4, -0.2) is 12.0 Å². The zero-order valence-corrected chi connectivity index (χ0v) is 8.12. The first-order valence-electron chi connectivity index (χ1n) is 3.51. The van der Waals surface area contributed by atoms with Crippen molar-refractivity contribution in [1.29, 1.82) is 0 Å². The Hall–Kier alpha value is -0.720. The van der Waals surface area contributed by atoms with E-state index in [0.29, 0.717) is 0 Å². The molecule has 0 aromatic carbocycles. The summed E-state index contributed by atoms with van der Waals surface area (Å²) in [5, 5.41) is 0. The Morgan fingerprint density at radius 1 is 1.58 bits per heavy atom. The number of aldehydes is 1. The van der Waals surface area contributed by atoms with E-state index in [-0.39, 0.29) is 0 Å². The Bertz CT molecular complexity index is 317. The SMILES string of the molecule is O=Cc1ccc(C#CCCS)s1. The van der Waals surface area contributed by atoms with Crippen LogP contribution in [0, 0.1) is 11.8 Å². The summed E-state index contributed by atoms with van der Waals surface area (Å²) in [5.74, 6) is 6.69. The van der Waals surface area contributed by atoms with Crippen LogP contribution in [0.2, 0.25) is 0 Å². The maximum Gasteiger partial charge on any atom is 0.160 e. The van der Waals surface area contributed by atoms with Crippen molar-refractivity contribution in [2.24, 2.45) is 0 Å². The van der Waals surface area contributed by atoms with Crippen LogP contribution >= 0.6 is 24.0 Å². The molecule has 12 heavy (non-hydrogen) atoms. The number of carbonyl (C=O) groups excluding carboxylic acids is 1. The van der Waals surface area contributed by atoms with E-state index < -0.39 is 0 Å². The van der Waals surface area contributed by atoms with Crippen molar-refractivity contribution in [2.45, 2.75) is 6.42 Å². The minimum absolute atomic E-state index is 0.727. The number of rotatable bonds is 2. The van der Waals surface area contributed by atoms with Crippen molar-refractivity contribution >= 4 is 30.3 Å². The molecule has 0 aliphatic rings. The monoisotopic (exact) mass is 196 g/mol. The van der Waals surface area contributed by atoms with Gasteiger partial charge in [-0.3, -0.25) is 4.79 Å². The predicted molar refractivity (Wildman–Crippen MR) is 55.1 cm³/mol. The summed E-state index contributed by atoms with van der Waals surface area (Å²) in [6.45, 7) is 0. The van der Waals surface area contributed by atoms with Crippen LogP contribution in [0.5, 0.6) is 0 Å². The van der Waals surface area contributed by atoms with E-state index in [2.05, 4.69) is 24.5 Å². The third-order valence-electron chi connectivity index (χ3n) is 1.19. The lowest BCUT2D eigenvalue weighted by Crippen LogP contribution is -1.67. The van der Waals surface area contributed by atoms with Crippen LogP contribution in [0.4, 0.5) is 0 Å². The Balaban J connectivity index is 2.65. The van der Waals surface area contributed by atoms with Crippen molar-refractivity contribution in [3.8, 4) is 11.8 Å². The molecule has 0 aliphatic heterocycles. The molecule has 0 amide bonds. The van der Waals surface area contributed by atoms with Gasteiger partial charge >= 0.3 is 0 Å². The number of hydrogen-bond donors (Lipinski definition) is 1.